The van der Waals surface area contributed by atoms with Gasteiger partial charge in [0.15, 0.2) is 0 Å². The molecule has 1 heterocycles. The van der Waals surface area contributed by atoms with Crippen molar-refractivity contribution in [3.63, 3.8) is 0 Å². The zero-order chi connectivity index (χ0) is 19.8. The van der Waals surface area contributed by atoms with Crippen LogP contribution in [-0.2, 0) is 24.7 Å². The first-order valence-corrected chi connectivity index (χ1v) is 9.16. The van der Waals surface area contributed by atoms with Crippen molar-refractivity contribution >= 4 is 12.0 Å². The van der Waals surface area contributed by atoms with Crippen LogP contribution in [0, 0.1) is 13.8 Å². The highest BCUT2D eigenvalue weighted by Gasteiger charge is 2.15. The van der Waals surface area contributed by atoms with Gasteiger partial charge in [-0.25, -0.2) is 4.79 Å². The van der Waals surface area contributed by atoms with Crippen LogP contribution in [0.2, 0.25) is 0 Å². The summed E-state index contributed by atoms with van der Waals surface area (Å²) in [6.07, 6.45) is 1.71. The van der Waals surface area contributed by atoms with Crippen LogP contribution >= 0.6 is 0 Å². The average molecular weight is 372 g/mol. The average Bonchev–Trinajstić information content (AvgIpc) is 2.86. The molecule has 0 aliphatic rings. The molecule has 1 aromatic heterocycles. The number of aryl methyl sites for hydroxylation is 2. The predicted octanol–water partition coefficient (Wildman–Crippen LogP) is 2.35. The molecule has 3 N–H and O–H groups in total. The summed E-state index contributed by atoms with van der Waals surface area (Å²) in [5.74, 6) is -0.863. The molecule has 1 atom stereocenters. The van der Waals surface area contributed by atoms with E-state index in [1.165, 1.54) is 0 Å². The first kappa shape index (κ1) is 20.5. The van der Waals surface area contributed by atoms with E-state index in [4.69, 9.17) is 5.11 Å². The second-order valence-electron chi connectivity index (χ2n) is 6.74. The molecule has 2 amide bonds. The molecule has 1 aromatic carbocycles. The smallest absolute Gasteiger partial charge is 0.315 e. The van der Waals surface area contributed by atoms with Crippen LogP contribution in [0.5, 0.6) is 0 Å². The SMILES string of the molecule is Cc1nn(C)c(C)c1CCNC(=O)NC(CCC(=O)O)Cc1ccccc1. The third kappa shape index (κ3) is 6.44. The number of hydrogen-bond donors (Lipinski definition) is 3. The van der Waals surface area contributed by atoms with Crippen molar-refractivity contribution in [3.05, 3.63) is 52.8 Å². The van der Waals surface area contributed by atoms with Gasteiger partial charge >= 0.3 is 12.0 Å². The van der Waals surface area contributed by atoms with Crippen LogP contribution in [-0.4, -0.2) is 39.5 Å². The van der Waals surface area contributed by atoms with E-state index in [2.05, 4.69) is 15.7 Å². The fraction of sp³-hybridized carbons (Fsp3) is 0.450. The Balaban J connectivity index is 1.87. The minimum absolute atomic E-state index is 0.0197. The van der Waals surface area contributed by atoms with Gasteiger partial charge in [0.25, 0.3) is 0 Å². The Morgan fingerprint density at radius 1 is 1.22 bits per heavy atom. The molecule has 0 aliphatic carbocycles. The molecule has 2 aromatic rings. The van der Waals surface area contributed by atoms with Gasteiger partial charge in [0.2, 0.25) is 0 Å². The van der Waals surface area contributed by atoms with Crippen LogP contribution < -0.4 is 10.6 Å². The van der Waals surface area contributed by atoms with Crippen LogP contribution in [0.3, 0.4) is 0 Å². The van der Waals surface area contributed by atoms with E-state index in [0.29, 0.717) is 25.8 Å². The van der Waals surface area contributed by atoms with Crippen molar-refractivity contribution in [2.24, 2.45) is 7.05 Å². The van der Waals surface area contributed by atoms with Gasteiger partial charge in [-0.2, -0.15) is 5.10 Å². The molecule has 2 rings (SSSR count). The third-order valence-electron chi connectivity index (χ3n) is 4.69. The standard InChI is InChI=1S/C20H28N4O3/c1-14-18(15(2)24(3)23-14)11-12-21-20(27)22-17(9-10-19(25)26)13-16-7-5-4-6-8-16/h4-8,17H,9-13H2,1-3H3,(H,25,26)(H2,21,22,27). The zero-order valence-corrected chi connectivity index (χ0v) is 16.2. The first-order valence-electron chi connectivity index (χ1n) is 9.16. The lowest BCUT2D eigenvalue weighted by molar-refractivity contribution is -0.137. The van der Waals surface area contributed by atoms with E-state index in [-0.39, 0.29) is 18.5 Å². The van der Waals surface area contributed by atoms with E-state index < -0.39 is 5.97 Å². The summed E-state index contributed by atoms with van der Waals surface area (Å²) in [4.78, 5) is 23.2. The lowest BCUT2D eigenvalue weighted by Gasteiger charge is -2.19. The lowest BCUT2D eigenvalue weighted by Crippen LogP contribution is -2.44. The highest BCUT2D eigenvalue weighted by Crippen LogP contribution is 2.12. The Hall–Kier alpha value is -2.83. The molecule has 27 heavy (non-hydrogen) atoms. The van der Waals surface area contributed by atoms with Crippen molar-refractivity contribution in [1.82, 2.24) is 20.4 Å². The van der Waals surface area contributed by atoms with Gasteiger partial charge in [-0.3, -0.25) is 9.48 Å². The summed E-state index contributed by atoms with van der Waals surface area (Å²) in [6, 6.07) is 9.23. The van der Waals surface area contributed by atoms with Crippen LogP contribution in [0.1, 0.15) is 35.4 Å². The molecule has 7 nitrogen and oxygen atoms in total. The van der Waals surface area contributed by atoms with E-state index in [1.54, 1.807) is 0 Å². The molecule has 0 radical (unpaired) electrons. The van der Waals surface area contributed by atoms with Crippen molar-refractivity contribution in [2.45, 2.75) is 45.6 Å². The second kappa shape index (κ2) is 9.75. The number of carboxylic acids is 1. The zero-order valence-electron chi connectivity index (χ0n) is 16.2. The summed E-state index contributed by atoms with van der Waals surface area (Å²) in [6.45, 7) is 4.47. The number of rotatable bonds is 9. The Kier molecular flexibility index (Phi) is 7.40. The van der Waals surface area contributed by atoms with Crippen LogP contribution in [0.4, 0.5) is 4.79 Å². The molecule has 0 saturated heterocycles. The van der Waals surface area contributed by atoms with Crippen molar-refractivity contribution in [2.75, 3.05) is 6.54 Å². The number of nitrogens with zero attached hydrogens (tertiary/aromatic N) is 2. The van der Waals surface area contributed by atoms with E-state index in [1.807, 2.05) is 55.9 Å². The van der Waals surface area contributed by atoms with Gasteiger partial charge in [-0.15, -0.1) is 0 Å². The Morgan fingerprint density at radius 3 is 2.52 bits per heavy atom. The minimum Gasteiger partial charge on any atom is -0.481 e. The van der Waals surface area contributed by atoms with Gasteiger partial charge in [0.05, 0.1) is 5.69 Å². The van der Waals surface area contributed by atoms with Gasteiger partial charge in [-0.1, -0.05) is 30.3 Å². The molecule has 0 spiro atoms. The number of carboxylic acid groups (broad SMARTS) is 1. The number of carbonyl (C=O) groups is 2. The largest absolute Gasteiger partial charge is 0.481 e. The Bertz CT molecular complexity index is 771. The maximum atomic E-state index is 12.3. The number of urea groups is 1. The normalized spacial score (nSPS) is 11.8. The fourth-order valence-corrected chi connectivity index (χ4v) is 3.14. The summed E-state index contributed by atoms with van der Waals surface area (Å²) in [5, 5.41) is 19.1. The van der Waals surface area contributed by atoms with Crippen LogP contribution in [0.25, 0.3) is 0 Å². The number of hydrogen-bond acceptors (Lipinski definition) is 3. The first-order chi connectivity index (χ1) is 12.9. The summed E-state index contributed by atoms with van der Waals surface area (Å²) < 4.78 is 1.84. The summed E-state index contributed by atoms with van der Waals surface area (Å²) >= 11 is 0. The molecular formula is C20H28N4O3. The molecule has 0 aliphatic heterocycles. The lowest BCUT2D eigenvalue weighted by atomic mass is 10.0. The van der Waals surface area contributed by atoms with Crippen LogP contribution in [0.15, 0.2) is 30.3 Å². The van der Waals surface area contributed by atoms with E-state index in [0.717, 1.165) is 22.5 Å². The number of aromatic nitrogens is 2. The number of carbonyl (C=O) groups excluding carboxylic acids is 1. The van der Waals surface area contributed by atoms with Gasteiger partial charge in [0.1, 0.15) is 0 Å². The summed E-state index contributed by atoms with van der Waals surface area (Å²) in [5.41, 5.74) is 4.28. The molecule has 7 heteroatoms. The van der Waals surface area contributed by atoms with E-state index >= 15 is 0 Å². The molecule has 0 saturated carbocycles. The molecular weight excluding hydrogens is 344 g/mol. The monoisotopic (exact) mass is 372 g/mol. The number of aliphatic carboxylic acids is 1. The Morgan fingerprint density at radius 2 is 1.93 bits per heavy atom. The molecule has 146 valence electrons. The van der Waals surface area contributed by atoms with Gasteiger partial charge < -0.3 is 15.7 Å². The van der Waals surface area contributed by atoms with Gasteiger partial charge in [0, 0.05) is 31.7 Å². The fourth-order valence-electron chi connectivity index (χ4n) is 3.14. The number of amides is 2. The summed E-state index contributed by atoms with van der Waals surface area (Å²) in [7, 11) is 1.91. The van der Waals surface area contributed by atoms with Gasteiger partial charge in [-0.05, 0) is 44.2 Å². The van der Waals surface area contributed by atoms with Crippen molar-refractivity contribution in [1.29, 1.82) is 0 Å². The minimum atomic E-state index is -0.863. The Labute approximate surface area is 159 Å². The van der Waals surface area contributed by atoms with Crippen molar-refractivity contribution in [3.8, 4) is 0 Å². The quantitative estimate of drug-likeness (QED) is 0.629. The highest BCUT2D eigenvalue weighted by atomic mass is 16.4. The maximum absolute atomic E-state index is 12.3. The second-order valence-corrected chi connectivity index (χ2v) is 6.74. The molecule has 1 unspecified atom stereocenters. The highest BCUT2D eigenvalue weighted by molar-refractivity contribution is 5.74. The maximum Gasteiger partial charge on any atom is 0.315 e. The third-order valence-corrected chi connectivity index (χ3v) is 4.69. The van der Waals surface area contributed by atoms with Crippen molar-refractivity contribution < 1.29 is 14.7 Å². The molecule has 0 fully saturated rings. The number of benzene rings is 1. The number of nitrogens with one attached hydrogen (secondary N) is 2. The molecule has 0 bridgehead atoms. The van der Waals surface area contributed by atoms with E-state index in [9.17, 15) is 9.59 Å². The topological polar surface area (TPSA) is 96.3 Å². The predicted molar refractivity (Wildman–Crippen MR) is 104 cm³/mol.